The van der Waals surface area contributed by atoms with Crippen molar-refractivity contribution in [2.24, 2.45) is 5.92 Å². The van der Waals surface area contributed by atoms with Crippen molar-refractivity contribution in [3.05, 3.63) is 0 Å². The summed E-state index contributed by atoms with van der Waals surface area (Å²) >= 11 is 1.64. The van der Waals surface area contributed by atoms with Crippen LogP contribution >= 0.6 is 11.8 Å². The SMILES string of the molecule is CCOC(C)OC(=O)C(C)CSC. The van der Waals surface area contributed by atoms with Crippen molar-refractivity contribution < 1.29 is 14.3 Å². The Hall–Kier alpha value is -0.220. The molecule has 0 saturated heterocycles. The fraction of sp³-hybridized carbons (Fsp3) is 0.889. The van der Waals surface area contributed by atoms with Crippen molar-refractivity contribution in [3.63, 3.8) is 0 Å². The largest absolute Gasteiger partial charge is 0.436 e. The normalized spacial score (nSPS) is 15.1. The zero-order chi connectivity index (χ0) is 10.3. The Morgan fingerprint density at radius 1 is 1.46 bits per heavy atom. The molecular weight excluding hydrogens is 188 g/mol. The summed E-state index contributed by atoms with van der Waals surface area (Å²) in [5, 5.41) is 0. The van der Waals surface area contributed by atoms with Crippen LogP contribution in [0.1, 0.15) is 20.8 Å². The highest BCUT2D eigenvalue weighted by molar-refractivity contribution is 7.98. The van der Waals surface area contributed by atoms with Gasteiger partial charge in [-0.25, -0.2) is 0 Å². The van der Waals surface area contributed by atoms with Gasteiger partial charge in [-0.2, -0.15) is 11.8 Å². The van der Waals surface area contributed by atoms with E-state index in [2.05, 4.69) is 0 Å². The lowest BCUT2D eigenvalue weighted by Gasteiger charge is -2.15. The third-order valence-electron chi connectivity index (χ3n) is 1.50. The van der Waals surface area contributed by atoms with Gasteiger partial charge in [0, 0.05) is 12.4 Å². The third-order valence-corrected chi connectivity index (χ3v) is 2.34. The van der Waals surface area contributed by atoms with E-state index >= 15 is 0 Å². The number of esters is 1. The molecule has 0 aliphatic heterocycles. The summed E-state index contributed by atoms with van der Waals surface area (Å²) < 4.78 is 10.1. The first-order valence-corrected chi connectivity index (χ1v) is 5.82. The average molecular weight is 206 g/mol. The van der Waals surface area contributed by atoms with Gasteiger partial charge in [0.1, 0.15) is 0 Å². The summed E-state index contributed by atoms with van der Waals surface area (Å²) in [6.45, 7) is 6.02. The summed E-state index contributed by atoms with van der Waals surface area (Å²) in [5.74, 6) is 0.547. The van der Waals surface area contributed by atoms with Crippen LogP contribution in [-0.2, 0) is 14.3 Å². The van der Waals surface area contributed by atoms with E-state index in [1.165, 1.54) is 0 Å². The molecule has 0 saturated carbocycles. The number of rotatable bonds is 6. The minimum absolute atomic E-state index is 0.0575. The predicted molar refractivity (Wildman–Crippen MR) is 54.7 cm³/mol. The molecule has 2 unspecified atom stereocenters. The van der Waals surface area contributed by atoms with Gasteiger partial charge in [-0.1, -0.05) is 6.92 Å². The Balaban J connectivity index is 3.71. The van der Waals surface area contributed by atoms with Crippen LogP contribution in [0.25, 0.3) is 0 Å². The molecule has 0 aromatic carbocycles. The molecule has 0 bridgehead atoms. The van der Waals surface area contributed by atoms with Crippen LogP contribution in [-0.4, -0.2) is 30.9 Å². The Kier molecular flexibility index (Phi) is 7.09. The van der Waals surface area contributed by atoms with Crippen molar-refractivity contribution in [2.45, 2.75) is 27.1 Å². The van der Waals surface area contributed by atoms with E-state index in [0.29, 0.717) is 6.61 Å². The molecular formula is C9H18O3S. The third kappa shape index (κ3) is 5.93. The van der Waals surface area contributed by atoms with Gasteiger partial charge in [0.15, 0.2) is 6.29 Å². The molecule has 3 nitrogen and oxygen atoms in total. The molecule has 13 heavy (non-hydrogen) atoms. The van der Waals surface area contributed by atoms with Crippen molar-refractivity contribution in [2.75, 3.05) is 18.6 Å². The predicted octanol–water partition coefficient (Wildman–Crippen LogP) is 1.91. The van der Waals surface area contributed by atoms with Gasteiger partial charge in [0.2, 0.25) is 0 Å². The molecule has 78 valence electrons. The fourth-order valence-corrected chi connectivity index (χ4v) is 1.50. The standard InChI is InChI=1S/C9H18O3S/c1-5-11-8(3)12-9(10)7(2)6-13-4/h7-8H,5-6H2,1-4H3. The molecule has 0 amide bonds. The fourth-order valence-electron chi connectivity index (χ4n) is 0.866. The van der Waals surface area contributed by atoms with E-state index in [9.17, 15) is 4.79 Å². The van der Waals surface area contributed by atoms with E-state index in [-0.39, 0.29) is 11.9 Å². The molecule has 0 aromatic rings. The van der Waals surface area contributed by atoms with Crippen molar-refractivity contribution in [1.29, 1.82) is 0 Å². The molecule has 0 aliphatic rings. The van der Waals surface area contributed by atoms with E-state index in [1.54, 1.807) is 18.7 Å². The molecule has 0 aromatic heterocycles. The summed E-state index contributed by atoms with van der Waals surface area (Å²) in [6.07, 6.45) is 1.54. The maximum absolute atomic E-state index is 11.3. The zero-order valence-corrected chi connectivity index (χ0v) is 9.52. The van der Waals surface area contributed by atoms with Crippen LogP contribution < -0.4 is 0 Å². The van der Waals surface area contributed by atoms with Crippen molar-refractivity contribution in [1.82, 2.24) is 0 Å². The molecule has 4 heteroatoms. The summed E-state index contributed by atoms with van der Waals surface area (Å²) in [5.41, 5.74) is 0. The lowest BCUT2D eigenvalue weighted by molar-refractivity contribution is -0.177. The second kappa shape index (κ2) is 7.21. The van der Waals surface area contributed by atoms with Crippen LogP contribution in [0.3, 0.4) is 0 Å². The van der Waals surface area contributed by atoms with Gasteiger partial charge in [-0.3, -0.25) is 4.79 Å². The highest BCUT2D eigenvalue weighted by Crippen LogP contribution is 2.08. The number of hydrogen-bond donors (Lipinski definition) is 0. The summed E-state index contributed by atoms with van der Waals surface area (Å²) in [6, 6.07) is 0. The van der Waals surface area contributed by atoms with Crippen molar-refractivity contribution >= 4 is 17.7 Å². The second-order valence-electron chi connectivity index (χ2n) is 2.82. The second-order valence-corrected chi connectivity index (χ2v) is 3.73. The minimum atomic E-state index is -0.429. The van der Waals surface area contributed by atoms with Crippen LogP contribution in [0.15, 0.2) is 0 Å². The van der Waals surface area contributed by atoms with Crippen LogP contribution in [0, 0.1) is 5.92 Å². The molecule has 0 heterocycles. The lowest BCUT2D eigenvalue weighted by Crippen LogP contribution is -2.24. The molecule has 0 aliphatic carbocycles. The van der Waals surface area contributed by atoms with E-state index in [0.717, 1.165) is 5.75 Å². The van der Waals surface area contributed by atoms with E-state index in [4.69, 9.17) is 9.47 Å². The van der Waals surface area contributed by atoms with Gasteiger partial charge in [0.05, 0.1) is 5.92 Å². The maximum Gasteiger partial charge on any atom is 0.311 e. The zero-order valence-electron chi connectivity index (χ0n) is 8.70. The monoisotopic (exact) mass is 206 g/mol. The number of carbonyl (C=O) groups is 1. The highest BCUT2D eigenvalue weighted by atomic mass is 32.2. The average Bonchev–Trinajstić information content (AvgIpc) is 2.05. The Morgan fingerprint density at radius 3 is 2.54 bits per heavy atom. The molecule has 0 N–H and O–H groups in total. The summed E-state index contributed by atoms with van der Waals surface area (Å²) in [4.78, 5) is 11.3. The first kappa shape index (κ1) is 12.8. The number of thioether (sulfide) groups is 1. The number of ether oxygens (including phenoxy) is 2. The van der Waals surface area contributed by atoms with Crippen molar-refractivity contribution in [3.8, 4) is 0 Å². The highest BCUT2D eigenvalue weighted by Gasteiger charge is 2.16. The molecule has 0 spiro atoms. The van der Waals surface area contributed by atoms with Crippen LogP contribution in [0.4, 0.5) is 0 Å². The molecule has 2 atom stereocenters. The number of carbonyl (C=O) groups excluding carboxylic acids is 1. The first-order valence-electron chi connectivity index (χ1n) is 4.42. The first-order chi connectivity index (χ1) is 6.11. The summed E-state index contributed by atoms with van der Waals surface area (Å²) in [7, 11) is 0. The van der Waals surface area contributed by atoms with E-state index < -0.39 is 6.29 Å². The van der Waals surface area contributed by atoms with E-state index in [1.807, 2.05) is 20.1 Å². The maximum atomic E-state index is 11.3. The van der Waals surface area contributed by atoms with Crippen LogP contribution in [0.2, 0.25) is 0 Å². The minimum Gasteiger partial charge on any atom is -0.436 e. The van der Waals surface area contributed by atoms with Gasteiger partial charge < -0.3 is 9.47 Å². The van der Waals surface area contributed by atoms with Gasteiger partial charge >= 0.3 is 5.97 Å². The quantitative estimate of drug-likeness (QED) is 0.491. The van der Waals surface area contributed by atoms with Gasteiger partial charge in [-0.15, -0.1) is 0 Å². The smallest absolute Gasteiger partial charge is 0.311 e. The van der Waals surface area contributed by atoms with Crippen LogP contribution in [0.5, 0.6) is 0 Å². The van der Waals surface area contributed by atoms with Gasteiger partial charge in [-0.05, 0) is 20.1 Å². The topological polar surface area (TPSA) is 35.5 Å². The molecule has 0 rings (SSSR count). The molecule has 0 fully saturated rings. The Labute approximate surface area is 84.2 Å². The lowest BCUT2D eigenvalue weighted by atomic mass is 10.2. The van der Waals surface area contributed by atoms with Gasteiger partial charge in [0.25, 0.3) is 0 Å². The Morgan fingerprint density at radius 2 is 2.08 bits per heavy atom. The number of hydrogen-bond acceptors (Lipinski definition) is 4. The Bertz CT molecular complexity index is 150. The molecule has 0 radical (unpaired) electrons.